The van der Waals surface area contributed by atoms with Gasteiger partial charge in [0.25, 0.3) is 5.91 Å². The summed E-state index contributed by atoms with van der Waals surface area (Å²) < 4.78 is 7.39. The van der Waals surface area contributed by atoms with Crippen LogP contribution in [0.4, 0.5) is 0 Å². The molecule has 21 heavy (non-hydrogen) atoms. The van der Waals surface area contributed by atoms with Gasteiger partial charge in [0.05, 0.1) is 37.1 Å². The highest BCUT2D eigenvalue weighted by Gasteiger charge is 2.35. The molecule has 0 bridgehead atoms. The van der Waals surface area contributed by atoms with Crippen LogP contribution in [0.1, 0.15) is 43.1 Å². The molecule has 6 heteroatoms. The molecule has 0 saturated carbocycles. The van der Waals surface area contributed by atoms with Crippen molar-refractivity contribution >= 4 is 5.91 Å². The zero-order valence-electron chi connectivity index (χ0n) is 12.8. The van der Waals surface area contributed by atoms with Gasteiger partial charge >= 0.3 is 0 Å². The molecule has 6 nitrogen and oxygen atoms in total. The normalized spacial score (nSPS) is 26.6. The van der Waals surface area contributed by atoms with Crippen LogP contribution in [0, 0.1) is 0 Å². The molecule has 3 rings (SSSR count). The van der Waals surface area contributed by atoms with Crippen molar-refractivity contribution in [2.75, 3.05) is 26.3 Å². The van der Waals surface area contributed by atoms with Gasteiger partial charge in [-0.1, -0.05) is 0 Å². The van der Waals surface area contributed by atoms with Gasteiger partial charge in [0.2, 0.25) is 0 Å². The molecule has 2 atom stereocenters. The van der Waals surface area contributed by atoms with Gasteiger partial charge in [0, 0.05) is 12.2 Å². The fraction of sp³-hybridized carbons (Fsp3) is 0.733. The molecule has 0 unspecified atom stereocenters. The first kappa shape index (κ1) is 14.5. The molecule has 3 heterocycles. The van der Waals surface area contributed by atoms with Crippen LogP contribution in [0.5, 0.6) is 0 Å². The van der Waals surface area contributed by atoms with Crippen LogP contribution in [0.25, 0.3) is 0 Å². The van der Waals surface area contributed by atoms with Crippen molar-refractivity contribution in [2.24, 2.45) is 0 Å². The molecule has 1 aromatic heterocycles. The first-order valence-electron chi connectivity index (χ1n) is 7.82. The predicted octanol–water partition coefficient (Wildman–Crippen LogP) is 1.06. The number of ether oxygens (including phenoxy) is 1. The van der Waals surface area contributed by atoms with Crippen molar-refractivity contribution in [3.05, 3.63) is 18.0 Å². The van der Waals surface area contributed by atoms with Gasteiger partial charge in [-0.15, -0.1) is 0 Å². The first-order valence-corrected chi connectivity index (χ1v) is 7.82. The van der Waals surface area contributed by atoms with Crippen LogP contribution in [0.3, 0.4) is 0 Å². The Bertz CT molecular complexity index is 494. The summed E-state index contributed by atoms with van der Waals surface area (Å²) >= 11 is 0. The Kier molecular flexibility index (Phi) is 4.26. The van der Waals surface area contributed by atoms with E-state index in [9.17, 15) is 4.79 Å². The van der Waals surface area contributed by atoms with Crippen molar-refractivity contribution in [3.8, 4) is 0 Å². The number of hydrogen-bond acceptors (Lipinski definition) is 4. The van der Waals surface area contributed by atoms with Gasteiger partial charge in [-0.3, -0.25) is 14.4 Å². The summed E-state index contributed by atoms with van der Waals surface area (Å²) in [6.45, 7) is 7.64. The molecule has 2 fully saturated rings. The number of rotatable bonds is 4. The molecule has 2 saturated heterocycles. The molecule has 0 radical (unpaired) electrons. The number of nitrogens with zero attached hydrogens (tertiary/aromatic N) is 3. The van der Waals surface area contributed by atoms with Gasteiger partial charge in [0.1, 0.15) is 0 Å². The largest absolute Gasteiger partial charge is 0.378 e. The van der Waals surface area contributed by atoms with Gasteiger partial charge in [0.15, 0.2) is 0 Å². The lowest BCUT2D eigenvalue weighted by molar-refractivity contribution is 0.0916. The summed E-state index contributed by atoms with van der Waals surface area (Å²) in [5, 5.41) is 7.34. The Morgan fingerprint density at radius 1 is 1.38 bits per heavy atom. The van der Waals surface area contributed by atoms with E-state index in [0.717, 1.165) is 19.7 Å². The topological polar surface area (TPSA) is 59.4 Å². The van der Waals surface area contributed by atoms with Crippen molar-refractivity contribution in [1.29, 1.82) is 0 Å². The number of amides is 1. The first-order chi connectivity index (χ1) is 10.1. The standard InChI is InChI=1S/C15H24N4O2/c1-11(2)19-8-12(7-16-19)15(20)17-13-9-21-10-14(13)18-5-3-4-6-18/h7-8,11,13-14H,3-6,9-10H2,1-2H3,(H,17,20)/t13-,14-/m0/s1. The molecule has 0 spiro atoms. The van der Waals surface area contributed by atoms with Crippen LogP contribution in [0.15, 0.2) is 12.4 Å². The van der Waals surface area contributed by atoms with Crippen LogP contribution in [-0.4, -0.2) is 59.0 Å². The summed E-state index contributed by atoms with van der Waals surface area (Å²) in [6.07, 6.45) is 5.94. The number of likely N-dealkylation sites (tertiary alicyclic amines) is 1. The molecular formula is C15H24N4O2. The summed E-state index contributed by atoms with van der Waals surface area (Å²) in [5.41, 5.74) is 0.621. The second kappa shape index (κ2) is 6.15. The number of hydrogen-bond donors (Lipinski definition) is 1. The summed E-state index contributed by atoms with van der Waals surface area (Å²) in [4.78, 5) is 14.8. The third kappa shape index (κ3) is 3.11. The second-order valence-electron chi connectivity index (χ2n) is 6.23. The average molecular weight is 292 g/mol. The van der Waals surface area contributed by atoms with Crippen LogP contribution in [-0.2, 0) is 4.74 Å². The van der Waals surface area contributed by atoms with E-state index in [-0.39, 0.29) is 18.0 Å². The summed E-state index contributed by atoms with van der Waals surface area (Å²) in [5.74, 6) is -0.0541. The Morgan fingerprint density at radius 2 is 2.14 bits per heavy atom. The average Bonchev–Trinajstić information content (AvgIpc) is 3.19. The quantitative estimate of drug-likeness (QED) is 0.901. The Balaban J connectivity index is 1.62. The zero-order valence-corrected chi connectivity index (χ0v) is 12.8. The molecule has 1 aromatic rings. The third-order valence-corrected chi connectivity index (χ3v) is 4.37. The lowest BCUT2D eigenvalue weighted by atomic mass is 10.1. The minimum atomic E-state index is -0.0541. The van der Waals surface area contributed by atoms with E-state index in [4.69, 9.17) is 4.74 Å². The minimum Gasteiger partial charge on any atom is -0.378 e. The molecule has 2 aliphatic rings. The molecule has 1 N–H and O–H groups in total. The summed E-state index contributed by atoms with van der Waals surface area (Å²) in [6, 6.07) is 0.660. The molecule has 2 aliphatic heterocycles. The van der Waals surface area contributed by atoms with Crippen molar-refractivity contribution < 1.29 is 9.53 Å². The fourth-order valence-corrected chi connectivity index (χ4v) is 3.10. The molecule has 0 aliphatic carbocycles. The van der Waals surface area contributed by atoms with Gasteiger partial charge in [-0.2, -0.15) is 5.10 Å². The highest BCUT2D eigenvalue weighted by molar-refractivity contribution is 5.93. The van der Waals surface area contributed by atoms with Crippen LogP contribution in [0.2, 0.25) is 0 Å². The summed E-state index contributed by atoms with van der Waals surface area (Å²) in [7, 11) is 0. The Labute approximate surface area is 125 Å². The van der Waals surface area contributed by atoms with Gasteiger partial charge in [-0.05, 0) is 39.8 Å². The number of aromatic nitrogens is 2. The highest BCUT2D eigenvalue weighted by atomic mass is 16.5. The fourth-order valence-electron chi connectivity index (χ4n) is 3.10. The Hall–Kier alpha value is -1.40. The maximum Gasteiger partial charge on any atom is 0.254 e. The van der Waals surface area contributed by atoms with E-state index >= 15 is 0 Å². The van der Waals surface area contributed by atoms with Crippen molar-refractivity contribution in [2.45, 2.75) is 44.8 Å². The SMILES string of the molecule is CC(C)n1cc(C(=O)N[C@H]2COC[C@@H]2N2CCCC2)cn1. The van der Waals surface area contributed by atoms with Crippen LogP contribution >= 0.6 is 0 Å². The minimum absolute atomic E-state index is 0.0541. The van der Waals surface area contributed by atoms with E-state index in [0.29, 0.717) is 18.2 Å². The van der Waals surface area contributed by atoms with E-state index in [2.05, 4.69) is 15.3 Å². The number of carbonyl (C=O) groups is 1. The van der Waals surface area contributed by atoms with Crippen molar-refractivity contribution in [3.63, 3.8) is 0 Å². The van der Waals surface area contributed by atoms with E-state index in [1.807, 2.05) is 13.8 Å². The number of carbonyl (C=O) groups excluding carboxylic acids is 1. The van der Waals surface area contributed by atoms with Crippen molar-refractivity contribution in [1.82, 2.24) is 20.0 Å². The van der Waals surface area contributed by atoms with E-state index in [1.54, 1.807) is 17.1 Å². The maximum atomic E-state index is 12.4. The van der Waals surface area contributed by atoms with E-state index < -0.39 is 0 Å². The lowest BCUT2D eigenvalue weighted by Gasteiger charge is -2.27. The number of nitrogens with one attached hydrogen (secondary N) is 1. The smallest absolute Gasteiger partial charge is 0.254 e. The molecule has 1 amide bonds. The third-order valence-electron chi connectivity index (χ3n) is 4.37. The molecule has 0 aromatic carbocycles. The second-order valence-corrected chi connectivity index (χ2v) is 6.23. The van der Waals surface area contributed by atoms with Gasteiger partial charge in [-0.25, -0.2) is 0 Å². The molecule has 116 valence electrons. The lowest BCUT2D eigenvalue weighted by Crippen LogP contribution is -2.50. The zero-order chi connectivity index (χ0) is 14.8. The maximum absolute atomic E-state index is 12.4. The monoisotopic (exact) mass is 292 g/mol. The van der Waals surface area contributed by atoms with Gasteiger partial charge < -0.3 is 10.1 Å². The Morgan fingerprint density at radius 3 is 2.81 bits per heavy atom. The van der Waals surface area contributed by atoms with Crippen LogP contribution < -0.4 is 5.32 Å². The van der Waals surface area contributed by atoms with E-state index in [1.165, 1.54) is 12.8 Å². The predicted molar refractivity (Wildman–Crippen MR) is 79.3 cm³/mol. The highest BCUT2D eigenvalue weighted by Crippen LogP contribution is 2.19. The molecular weight excluding hydrogens is 268 g/mol.